The molecule has 0 unspecified atom stereocenters. The molecule has 1 N–H and O–H groups in total. The maximum absolute atomic E-state index is 13.4. The van der Waals surface area contributed by atoms with Crippen LogP contribution in [0.15, 0.2) is 42.5 Å². The van der Waals surface area contributed by atoms with E-state index in [-0.39, 0.29) is 11.4 Å². The predicted octanol–water partition coefficient (Wildman–Crippen LogP) is 3.94. The minimum absolute atomic E-state index is 0.121. The number of benzene rings is 2. The third kappa shape index (κ3) is 4.08. The molecule has 1 saturated heterocycles. The molecule has 24 heavy (non-hydrogen) atoms. The average molecular weight is 329 g/mol. The van der Waals surface area contributed by atoms with Crippen molar-refractivity contribution in [2.24, 2.45) is 0 Å². The highest BCUT2D eigenvalue weighted by Crippen LogP contribution is 2.25. The second-order valence-electron chi connectivity index (χ2n) is 6.08. The van der Waals surface area contributed by atoms with Crippen LogP contribution < -0.4 is 5.32 Å². The number of nitrogens with zero attached hydrogens (tertiary/aromatic N) is 2. The highest BCUT2D eigenvalue weighted by atomic mass is 19.1. The summed E-state index contributed by atoms with van der Waals surface area (Å²) in [5, 5.41) is 14.0. The Kier molecular flexibility index (Phi) is 5.05. The smallest absolute Gasteiger partial charge is 0.292 e. The van der Waals surface area contributed by atoms with E-state index in [1.54, 1.807) is 0 Å². The average Bonchev–Trinajstić information content (AvgIpc) is 3.06. The third-order valence-corrected chi connectivity index (χ3v) is 4.23. The summed E-state index contributed by atoms with van der Waals surface area (Å²) in [4.78, 5) is 12.9. The molecular weight excluding hydrogens is 309 g/mol. The second-order valence-corrected chi connectivity index (χ2v) is 6.08. The van der Waals surface area contributed by atoms with Gasteiger partial charge in [0.15, 0.2) is 0 Å². The Labute approximate surface area is 140 Å². The molecule has 0 aliphatic carbocycles. The van der Waals surface area contributed by atoms with Crippen molar-refractivity contribution in [3.05, 3.63) is 69.5 Å². The fourth-order valence-corrected chi connectivity index (χ4v) is 3.04. The molecule has 0 saturated carbocycles. The van der Waals surface area contributed by atoms with Gasteiger partial charge < -0.3 is 5.32 Å². The molecule has 2 aromatic rings. The van der Waals surface area contributed by atoms with Gasteiger partial charge in [0.2, 0.25) is 0 Å². The molecule has 5 nitrogen and oxygen atoms in total. The molecule has 126 valence electrons. The van der Waals surface area contributed by atoms with Gasteiger partial charge in [-0.1, -0.05) is 24.3 Å². The molecule has 1 aliphatic rings. The van der Waals surface area contributed by atoms with E-state index in [1.165, 1.54) is 24.5 Å². The summed E-state index contributed by atoms with van der Waals surface area (Å²) < 4.78 is 13.4. The van der Waals surface area contributed by atoms with E-state index in [4.69, 9.17) is 0 Å². The number of halogens is 1. The fraction of sp³-hybridized carbons (Fsp3) is 0.333. The van der Waals surface area contributed by atoms with Gasteiger partial charge >= 0.3 is 0 Å². The van der Waals surface area contributed by atoms with Crippen LogP contribution in [0.2, 0.25) is 0 Å². The lowest BCUT2D eigenvalue weighted by molar-refractivity contribution is -0.384. The summed E-state index contributed by atoms with van der Waals surface area (Å²) in [5.74, 6) is -0.495. The summed E-state index contributed by atoms with van der Waals surface area (Å²) in [7, 11) is 0. The molecule has 1 aliphatic heterocycles. The first-order valence-electron chi connectivity index (χ1n) is 8.10. The first-order chi connectivity index (χ1) is 11.6. The first-order valence-corrected chi connectivity index (χ1v) is 8.10. The molecule has 0 atom stereocenters. The minimum Gasteiger partial charge on any atom is -0.375 e. The molecular formula is C18H20FN3O2. The third-order valence-electron chi connectivity index (χ3n) is 4.23. The van der Waals surface area contributed by atoms with Gasteiger partial charge in [-0.3, -0.25) is 15.0 Å². The summed E-state index contributed by atoms with van der Waals surface area (Å²) in [6.07, 6.45) is 2.51. The van der Waals surface area contributed by atoms with Gasteiger partial charge in [-0.2, -0.15) is 0 Å². The number of likely N-dealkylation sites (tertiary alicyclic amines) is 1. The topological polar surface area (TPSA) is 58.4 Å². The Morgan fingerprint density at radius 2 is 1.88 bits per heavy atom. The maximum atomic E-state index is 13.4. The Bertz CT molecular complexity index is 730. The van der Waals surface area contributed by atoms with Crippen molar-refractivity contribution in [2.45, 2.75) is 25.9 Å². The van der Waals surface area contributed by atoms with Crippen LogP contribution >= 0.6 is 0 Å². The normalized spacial score (nSPS) is 14.7. The molecule has 0 radical (unpaired) electrons. The summed E-state index contributed by atoms with van der Waals surface area (Å²) in [5.41, 5.74) is 2.32. The van der Waals surface area contributed by atoms with Gasteiger partial charge in [-0.15, -0.1) is 0 Å². The molecule has 0 bridgehead atoms. The number of anilines is 1. The number of nitrogens with one attached hydrogen (secondary N) is 1. The number of nitro groups is 1. The number of nitro benzene ring substituents is 1. The molecule has 2 aromatic carbocycles. The molecule has 1 fully saturated rings. The van der Waals surface area contributed by atoms with Crippen molar-refractivity contribution in [3.63, 3.8) is 0 Å². The molecule has 0 aromatic heterocycles. The van der Waals surface area contributed by atoms with E-state index in [2.05, 4.69) is 22.3 Å². The van der Waals surface area contributed by atoms with Crippen LogP contribution in [-0.2, 0) is 13.1 Å². The molecule has 0 amide bonds. The highest BCUT2D eigenvalue weighted by Gasteiger charge is 2.15. The molecule has 1 heterocycles. The van der Waals surface area contributed by atoms with Crippen molar-refractivity contribution in [3.8, 4) is 0 Å². The van der Waals surface area contributed by atoms with Crippen molar-refractivity contribution in [1.29, 1.82) is 0 Å². The summed E-state index contributed by atoms with van der Waals surface area (Å²) in [6, 6.07) is 11.6. The van der Waals surface area contributed by atoms with Crippen LogP contribution in [0.1, 0.15) is 24.0 Å². The van der Waals surface area contributed by atoms with E-state index in [0.717, 1.165) is 37.3 Å². The van der Waals surface area contributed by atoms with Gasteiger partial charge in [0.25, 0.3) is 5.69 Å². The van der Waals surface area contributed by atoms with Gasteiger partial charge in [0, 0.05) is 25.2 Å². The van der Waals surface area contributed by atoms with Gasteiger partial charge in [0.1, 0.15) is 11.5 Å². The van der Waals surface area contributed by atoms with E-state index >= 15 is 0 Å². The zero-order chi connectivity index (χ0) is 16.9. The van der Waals surface area contributed by atoms with Crippen molar-refractivity contribution in [2.75, 3.05) is 18.4 Å². The Hall–Kier alpha value is -2.47. The number of hydrogen-bond acceptors (Lipinski definition) is 4. The SMILES string of the molecule is O=[N+]([O-])c1ccc(F)cc1NCc1cccc(CN2CCCC2)c1. The van der Waals surface area contributed by atoms with Crippen molar-refractivity contribution in [1.82, 2.24) is 4.90 Å². The number of rotatable bonds is 6. The first kappa shape index (κ1) is 16.4. The lowest BCUT2D eigenvalue weighted by atomic mass is 10.1. The predicted molar refractivity (Wildman–Crippen MR) is 91.3 cm³/mol. The standard InChI is InChI=1S/C18H20FN3O2/c19-16-6-7-18(22(23)24)17(11-16)20-12-14-4-3-5-15(10-14)13-21-8-1-2-9-21/h3-7,10-11,20H,1-2,8-9,12-13H2. The summed E-state index contributed by atoms with van der Waals surface area (Å²) in [6.45, 7) is 3.61. The van der Waals surface area contributed by atoms with E-state index in [9.17, 15) is 14.5 Å². The summed E-state index contributed by atoms with van der Waals surface area (Å²) >= 11 is 0. The lowest BCUT2D eigenvalue weighted by Gasteiger charge is -2.15. The Morgan fingerprint density at radius 3 is 2.62 bits per heavy atom. The second kappa shape index (κ2) is 7.40. The van der Waals surface area contributed by atoms with Crippen molar-refractivity contribution >= 4 is 11.4 Å². The zero-order valence-electron chi connectivity index (χ0n) is 13.4. The van der Waals surface area contributed by atoms with Gasteiger partial charge in [-0.25, -0.2) is 4.39 Å². The van der Waals surface area contributed by atoms with E-state index < -0.39 is 10.7 Å². The monoisotopic (exact) mass is 329 g/mol. The minimum atomic E-state index is -0.508. The van der Waals surface area contributed by atoms with Crippen LogP contribution in [0.3, 0.4) is 0 Å². The van der Waals surface area contributed by atoms with Crippen LogP contribution in [0.25, 0.3) is 0 Å². The fourth-order valence-electron chi connectivity index (χ4n) is 3.04. The lowest BCUT2D eigenvalue weighted by Crippen LogP contribution is -2.18. The van der Waals surface area contributed by atoms with E-state index in [0.29, 0.717) is 6.54 Å². The molecule has 3 rings (SSSR count). The van der Waals surface area contributed by atoms with Crippen LogP contribution in [-0.4, -0.2) is 22.9 Å². The van der Waals surface area contributed by atoms with Crippen LogP contribution in [0.4, 0.5) is 15.8 Å². The van der Waals surface area contributed by atoms with Gasteiger partial charge in [-0.05, 0) is 43.1 Å². The molecule has 6 heteroatoms. The quantitative estimate of drug-likeness (QED) is 0.644. The van der Waals surface area contributed by atoms with Gasteiger partial charge in [0.05, 0.1) is 4.92 Å². The largest absolute Gasteiger partial charge is 0.375 e. The van der Waals surface area contributed by atoms with Crippen LogP contribution in [0, 0.1) is 15.9 Å². The number of hydrogen-bond donors (Lipinski definition) is 1. The van der Waals surface area contributed by atoms with Crippen LogP contribution in [0.5, 0.6) is 0 Å². The highest BCUT2D eigenvalue weighted by molar-refractivity contribution is 5.61. The van der Waals surface area contributed by atoms with E-state index in [1.807, 2.05) is 12.1 Å². The zero-order valence-corrected chi connectivity index (χ0v) is 13.4. The van der Waals surface area contributed by atoms with Crippen molar-refractivity contribution < 1.29 is 9.31 Å². The maximum Gasteiger partial charge on any atom is 0.292 e. The Balaban J connectivity index is 1.68. The molecule has 0 spiro atoms. The Morgan fingerprint density at radius 1 is 1.12 bits per heavy atom.